The molecule has 6 heteroatoms. The molecule has 132 valence electrons. The van der Waals surface area contributed by atoms with E-state index in [9.17, 15) is 13.6 Å². The maximum Gasteiger partial charge on any atom is 0.266 e. The first kappa shape index (κ1) is 16.4. The lowest BCUT2D eigenvalue weighted by Crippen LogP contribution is -2.42. The van der Waals surface area contributed by atoms with Crippen molar-refractivity contribution in [3.8, 4) is 11.3 Å². The number of anilines is 1. The van der Waals surface area contributed by atoms with Crippen LogP contribution in [-0.4, -0.2) is 10.5 Å². The van der Waals surface area contributed by atoms with Gasteiger partial charge in [0.05, 0.1) is 18.7 Å². The standard InChI is InChI=1S/C20H17F2N3O/c21-15-9-7-14(8-10-15)18-12-24(20-6-3-11-25(18)20)13-19(26)23-17-5-2-1-4-16(17)22/h1-2,4-5,7-10,12H,3,6,11,13H2/p+1. The predicted octanol–water partition coefficient (Wildman–Crippen LogP) is 3.31. The van der Waals surface area contributed by atoms with Gasteiger partial charge < -0.3 is 5.32 Å². The Labute approximate surface area is 149 Å². The number of imidazole rings is 1. The second-order valence-electron chi connectivity index (χ2n) is 6.35. The Morgan fingerprint density at radius 2 is 1.88 bits per heavy atom. The number of hydrogen-bond donors (Lipinski definition) is 1. The topological polar surface area (TPSA) is 37.9 Å². The Morgan fingerprint density at radius 1 is 1.12 bits per heavy atom. The number of carbonyl (C=O) groups excluding carboxylic acids is 1. The van der Waals surface area contributed by atoms with Crippen molar-refractivity contribution < 1.29 is 18.1 Å². The zero-order chi connectivity index (χ0) is 18.1. The fraction of sp³-hybridized carbons (Fsp3) is 0.200. The molecule has 1 N–H and O–H groups in total. The Morgan fingerprint density at radius 3 is 2.65 bits per heavy atom. The van der Waals surface area contributed by atoms with Crippen molar-refractivity contribution in [2.24, 2.45) is 0 Å². The molecule has 3 aromatic rings. The minimum Gasteiger partial charge on any atom is -0.320 e. The molecular formula is C20H18F2N3O+. The number of nitrogens with one attached hydrogen (secondary N) is 1. The van der Waals surface area contributed by atoms with E-state index in [4.69, 9.17) is 0 Å². The molecule has 0 unspecified atom stereocenters. The van der Waals surface area contributed by atoms with Crippen LogP contribution in [0.3, 0.4) is 0 Å². The van der Waals surface area contributed by atoms with E-state index in [-0.39, 0.29) is 24.0 Å². The number of aromatic nitrogens is 2. The van der Waals surface area contributed by atoms with E-state index in [1.807, 2.05) is 10.8 Å². The summed E-state index contributed by atoms with van der Waals surface area (Å²) in [6, 6.07) is 12.4. The highest BCUT2D eigenvalue weighted by Gasteiger charge is 2.29. The molecule has 1 aliphatic rings. The number of carbonyl (C=O) groups is 1. The van der Waals surface area contributed by atoms with Crippen molar-refractivity contribution in [1.29, 1.82) is 0 Å². The van der Waals surface area contributed by atoms with Crippen molar-refractivity contribution in [3.05, 3.63) is 72.2 Å². The predicted molar refractivity (Wildman–Crippen MR) is 93.4 cm³/mol. The molecule has 0 fully saturated rings. The van der Waals surface area contributed by atoms with Gasteiger partial charge in [-0.2, -0.15) is 0 Å². The summed E-state index contributed by atoms with van der Waals surface area (Å²) >= 11 is 0. The summed E-state index contributed by atoms with van der Waals surface area (Å²) in [6.45, 7) is 0.967. The lowest BCUT2D eigenvalue weighted by atomic mass is 10.1. The third kappa shape index (κ3) is 3.10. The summed E-state index contributed by atoms with van der Waals surface area (Å²) in [5.74, 6) is 0.0260. The largest absolute Gasteiger partial charge is 0.320 e. The van der Waals surface area contributed by atoms with Gasteiger partial charge in [0.25, 0.3) is 11.7 Å². The van der Waals surface area contributed by atoms with Gasteiger partial charge in [0.1, 0.15) is 17.8 Å². The second-order valence-corrected chi connectivity index (χ2v) is 6.35. The number of para-hydroxylation sites is 1. The van der Waals surface area contributed by atoms with Gasteiger partial charge >= 0.3 is 0 Å². The first-order valence-electron chi connectivity index (χ1n) is 8.54. The van der Waals surface area contributed by atoms with Crippen molar-refractivity contribution in [3.63, 3.8) is 0 Å². The summed E-state index contributed by atoms with van der Waals surface area (Å²) in [5, 5.41) is 2.61. The van der Waals surface area contributed by atoms with Crippen LogP contribution < -0.4 is 9.88 Å². The van der Waals surface area contributed by atoms with Crippen LogP contribution in [0.25, 0.3) is 11.3 Å². The molecule has 0 saturated carbocycles. The average molecular weight is 354 g/mol. The van der Waals surface area contributed by atoms with E-state index < -0.39 is 5.82 Å². The molecule has 1 amide bonds. The lowest BCUT2D eigenvalue weighted by Gasteiger charge is -2.05. The van der Waals surface area contributed by atoms with E-state index in [0.717, 1.165) is 36.5 Å². The van der Waals surface area contributed by atoms with Crippen molar-refractivity contribution in [2.75, 3.05) is 5.32 Å². The molecule has 0 saturated heterocycles. The maximum absolute atomic E-state index is 13.7. The molecule has 0 aliphatic carbocycles. The first-order chi connectivity index (χ1) is 12.6. The van der Waals surface area contributed by atoms with Gasteiger partial charge in [-0.3, -0.25) is 4.79 Å². The summed E-state index contributed by atoms with van der Waals surface area (Å²) in [5.41, 5.74) is 2.03. The third-order valence-electron chi connectivity index (χ3n) is 4.60. The van der Waals surface area contributed by atoms with Crippen LogP contribution >= 0.6 is 0 Å². The fourth-order valence-electron chi connectivity index (χ4n) is 3.40. The molecule has 0 radical (unpaired) electrons. The number of halogens is 2. The van der Waals surface area contributed by atoms with Gasteiger partial charge in [0.15, 0.2) is 12.2 Å². The number of rotatable bonds is 4. The van der Waals surface area contributed by atoms with Crippen LogP contribution in [0.5, 0.6) is 0 Å². The molecule has 1 aromatic heterocycles. The molecule has 1 aliphatic heterocycles. The molecular weight excluding hydrogens is 336 g/mol. The van der Waals surface area contributed by atoms with Crippen LogP contribution in [0.15, 0.2) is 54.7 Å². The summed E-state index contributed by atoms with van der Waals surface area (Å²) in [7, 11) is 0. The summed E-state index contributed by atoms with van der Waals surface area (Å²) in [4.78, 5) is 12.4. The van der Waals surface area contributed by atoms with E-state index >= 15 is 0 Å². The van der Waals surface area contributed by atoms with E-state index in [1.165, 1.54) is 24.3 Å². The number of benzene rings is 2. The highest BCUT2D eigenvalue weighted by atomic mass is 19.1. The quantitative estimate of drug-likeness (QED) is 0.717. The zero-order valence-electron chi connectivity index (χ0n) is 14.1. The molecule has 4 nitrogen and oxygen atoms in total. The Kier molecular flexibility index (Phi) is 4.24. The SMILES string of the molecule is O=C(C[n+]1cc(-c2ccc(F)cc2)n2c1CCC2)Nc1ccccc1F. The van der Waals surface area contributed by atoms with E-state index in [0.29, 0.717) is 0 Å². The van der Waals surface area contributed by atoms with E-state index in [2.05, 4.69) is 9.88 Å². The summed E-state index contributed by atoms with van der Waals surface area (Å²) in [6.07, 6.45) is 3.77. The fourth-order valence-corrected chi connectivity index (χ4v) is 3.40. The minimum absolute atomic E-state index is 0.102. The summed E-state index contributed by atoms with van der Waals surface area (Å²) < 4.78 is 31.0. The molecule has 0 spiro atoms. The highest BCUT2D eigenvalue weighted by molar-refractivity contribution is 5.89. The lowest BCUT2D eigenvalue weighted by molar-refractivity contribution is -0.690. The van der Waals surface area contributed by atoms with Crippen LogP contribution in [-0.2, 0) is 24.3 Å². The Bertz CT molecular complexity index is 964. The molecule has 2 aromatic carbocycles. The normalized spacial score (nSPS) is 12.8. The number of nitrogens with zero attached hydrogens (tertiary/aromatic N) is 2. The first-order valence-corrected chi connectivity index (χ1v) is 8.54. The highest BCUT2D eigenvalue weighted by Crippen LogP contribution is 2.25. The zero-order valence-corrected chi connectivity index (χ0v) is 14.1. The van der Waals surface area contributed by atoms with Gasteiger partial charge in [-0.25, -0.2) is 17.9 Å². The van der Waals surface area contributed by atoms with Crippen LogP contribution in [0.1, 0.15) is 12.2 Å². The maximum atomic E-state index is 13.7. The van der Waals surface area contributed by atoms with Crippen molar-refractivity contribution in [1.82, 2.24) is 4.57 Å². The molecule has 4 rings (SSSR count). The Hall–Kier alpha value is -3.02. The molecule has 26 heavy (non-hydrogen) atoms. The second kappa shape index (κ2) is 6.71. The van der Waals surface area contributed by atoms with Gasteiger partial charge in [-0.1, -0.05) is 12.1 Å². The van der Waals surface area contributed by atoms with Gasteiger partial charge in [-0.15, -0.1) is 0 Å². The van der Waals surface area contributed by atoms with Crippen LogP contribution in [0.2, 0.25) is 0 Å². The molecule has 0 atom stereocenters. The minimum atomic E-state index is -0.458. The average Bonchev–Trinajstić information content (AvgIpc) is 3.22. The van der Waals surface area contributed by atoms with Gasteiger partial charge in [0.2, 0.25) is 0 Å². The van der Waals surface area contributed by atoms with Crippen LogP contribution in [0, 0.1) is 11.6 Å². The van der Waals surface area contributed by atoms with Gasteiger partial charge in [-0.05, 0) is 42.8 Å². The van der Waals surface area contributed by atoms with Crippen molar-refractivity contribution in [2.45, 2.75) is 25.9 Å². The molecule has 0 bridgehead atoms. The van der Waals surface area contributed by atoms with Crippen molar-refractivity contribution >= 4 is 11.6 Å². The monoisotopic (exact) mass is 354 g/mol. The number of hydrogen-bond acceptors (Lipinski definition) is 1. The molecule has 2 heterocycles. The van der Waals surface area contributed by atoms with Crippen LogP contribution in [0.4, 0.5) is 14.5 Å². The van der Waals surface area contributed by atoms with Gasteiger partial charge in [0, 0.05) is 5.56 Å². The number of amides is 1. The Balaban J connectivity index is 1.59. The number of fused-ring (bicyclic) bond motifs is 1. The third-order valence-corrected chi connectivity index (χ3v) is 4.60. The van der Waals surface area contributed by atoms with E-state index in [1.54, 1.807) is 24.3 Å². The smallest absolute Gasteiger partial charge is 0.266 e.